The maximum Gasteiger partial charge on any atom is 0.234 e. The molecule has 0 spiro atoms. The molecule has 0 bridgehead atoms. The largest absolute Gasteiger partial charge is 0.360 e. The van der Waals surface area contributed by atoms with Gasteiger partial charge in [-0.1, -0.05) is 49.1 Å². The maximum absolute atomic E-state index is 12.0. The zero-order chi connectivity index (χ0) is 15.9. The van der Waals surface area contributed by atoms with Gasteiger partial charge in [0, 0.05) is 12.2 Å². The molecule has 1 aromatic carbocycles. The van der Waals surface area contributed by atoms with Crippen LogP contribution < -0.4 is 10.6 Å². The van der Waals surface area contributed by atoms with Crippen molar-refractivity contribution in [3.05, 3.63) is 29.8 Å². The van der Waals surface area contributed by atoms with Gasteiger partial charge in [-0.3, -0.25) is 4.79 Å². The van der Waals surface area contributed by atoms with Crippen molar-refractivity contribution in [2.75, 3.05) is 22.9 Å². The second kappa shape index (κ2) is 8.14. The second-order valence-electron chi connectivity index (χ2n) is 5.02. The summed E-state index contributed by atoms with van der Waals surface area (Å²) in [6, 6.07) is 7.95. The average molecular weight is 336 g/mol. The molecule has 1 amide bonds. The van der Waals surface area contributed by atoms with Crippen LogP contribution in [0.15, 0.2) is 28.6 Å². The lowest BCUT2D eigenvalue weighted by Crippen LogP contribution is -2.14. The SMILES string of the molecule is CCNc1nnc(SCC(=O)Nc2cccc(C(C)C)c2)s1. The van der Waals surface area contributed by atoms with Gasteiger partial charge in [0.2, 0.25) is 11.0 Å². The van der Waals surface area contributed by atoms with Crippen molar-refractivity contribution in [2.45, 2.75) is 31.0 Å². The minimum atomic E-state index is -0.0360. The van der Waals surface area contributed by atoms with Crippen LogP contribution in [0.3, 0.4) is 0 Å². The molecule has 2 rings (SSSR count). The van der Waals surface area contributed by atoms with Gasteiger partial charge in [-0.05, 0) is 30.5 Å². The molecular weight excluding hydrogens is 316 g/mol. The van der Waals surface area contributed by atoms with Gasteiger partial charge in [-0.15, -0.1) is 10.2 Å². The van der Waals surface area contributed by atoms with Crippen molar-refractivity contribution >= 4 is 39.8 Å². The molecule has 7 heteroatoms. The summed E-state index contributed by atoms with van der Waals surface area (Å²) in [5.41, 5.74) is 2.05. The van der Waals surface area contributed by atoms with Crippen LogP contribution in [0.25, 0.3) is 0 Å². The van der Waals surface area contributed by atoms with Crippen LogP contribution >= 0.6 is 23.1 Å². The quantitative estimate of drug-likeness (QED) is 0.752. The van der Waals surface area contributed by atoms with Gasteiger partial charge < -0.3 is 10.6 Å². The number of aromatic nitrogens is 2. The zero-order valence-corrected chi connectivity index (χ0v) is 14.6. The highest BCUT2D eigenvalue weighted by atomic mass is 32.2. The Kier molecular flexibility index (Phi) is 6.21. The van der Waals surface area contributed by atoms with E-state index in [-0.39, 0.29) is 5.91 Å². The number of rotatable bonds is 7. The first-order chi connectivity index (χ1) is 10.6. The summed E-state index contributed by atoms with van der Waals surface area (Å²) in [5, 5.41) is 14.9. The third-order valence-corrected chi connectivity index (χ3v) is 4.91. The number of hydrogen-bond acceptors (Lipinski definition) is 6. The molecule has 1 aromatic heterocycles. The van der Waals surface area contributed by atoms with Crippen molar-refractivity contribution in [2.24, 2.45) is 0 Å². The molecule has 22 heavy (non-hydrogen) atoms. The molecule has 2 N–H and O–H groups in total. The normalized spacial score (nSPS) is 10.7. The number of carbonyl (C=O) groups is 1. The van der Waals surface area contributed by atoms with Gasteiger partial charge >= 0.3 is 0 Å². The molecule has 2 aromatic rings. The number of hydrogen-bond donors (Lipinski definition) is 2. The predicted molar refractivity (Wildman–Crippen MR) is 94.0 cm³/mol. The summed E-state index contributed by atoms with van der Waals surface area (Å²) in [4.78, 5) is 12.0. The van der Waals surface area contributed by atoms with Gasteiger partial charge in [0.1, 0.15) is 0 Å². The number of carbonyl (C=O) groups excluding carboxylic acids is 1. The summed E-state index contributed by atoms with van der Waals surface area (Å²) in [7, 11) is 0. The van der Waals surface area contributed by atoms with E-state index in [9.17, 15) is 4.79 Å². The van der Waals surface area contributed by atoms with Gasteiger partial charge in [0.05, 0.1) is 5.75 Å². The van der Waals surface area contributed by atoms with E-state index >= 15 is 0 Å². The molecule has 0 radical (unpaired) electrons. The van der Waals surface area contributed by atoms with E-state index in [4.69, 9.17) is 0 Å². The molecular formula is C15H20N4OS2. The molecule has 0 aliphatic rings. The Bertz CT molecular complexity index is 628. The summed E-state index contributed by atoms with van der Waals surface area (Å²) in [6.45, 7) is 7.08. The third-order valence-electron chi connectivity index (χ3n) is 2.90. The molecule has 5 nitrogen and oxygen atoms in total. The molecule has 0 atom stereocenters. The van der Waals surface area contributed by atoms with Gasteiger partial charge in [0.15, 0.2) is 4.34 Å². The molecule has 0 aliphatic carbocycles. The number of nitrogens with one attached hydrogen (secondary N) is 2. The van der Waals surface area contributed by atoms with Crippen molar-refractivity contribution < 1.29 is 4.79 Å². The average Bonchev–Trinajstić information content (AvgIpc) is 2.93. The van der Waals surface area contributed by atoms with Crippen LogP contribution in [-0.4, -0.2) is 28.4 Å². The van der Waals surface area contributed by atoms with E-state index in [0.717, 1.165) is 21.7 Å². The third kappa shape index (κ3) is 4.99. The Balaban J connectivity index is 1.86. The number of amides is 1. The van der Waals surface area contributed by atoms with Crippen molar-refractivity contribution in [1.29, 1.82) is 0 Å². The highest BCUT2D eigenvalue weighted by molar-refractivity contribution is 8.01. The Hall–Kier alpha value is -1.60. The van der Waals surface area contributed by atoms with Crippen LogP contribution in [0.4, 0.5) is 10.8 Å². The van der Waals surface area contributed by atoms with Crippen molar-refractivity contribution in [3.8, 4) is 0 Å². The lowest BCUT2D eigenvalue weighted by Gasteiger charge is -2.09. The molecule has 0 unspecified atom stereocenters. The Morgan fingerprint density at radius 3 is 2.91 bits per heavy atom. The molecule has 118 valence electrons. The highest BCUT2D eigenvalue weighted by Crippen LogP contribution is 2.25. The summed E-state index contributed by atoms with van der Waals surface area (Å²) < 4.78 is 0.794. The smallest absolute Gasteiger partial charge is 0.234 e. The fraction of sp³-hybridized carbons (Fsp3) is 0.400. The van der Waals surface area contributed by atoms with Gasteiger partial charge in [-0.25, -0.2) is 0 Å². The minimum absolute atomic E-state index is 0.0360. The Morgan fingerprint density at radius 1 is 1.36 bits per heavy atom. The van der Waals surface area contributed by atoms with E-state index in [1.165, 1.54) is 28.7 Å². The molecule has 0 aliphatic heterocycles. The standard InChI is InChI=1S/C15H20N4OS2/c1-4-16-14-18-19-15(22-14)21-9-13(20)17-12-7-5-6-11(8-12)10(2)3/h5-8,10H,4,9H2,1-3H3,(H,16,18)(H,17,20). The van der Waals surface area contributed by atoms with E-state index in [1.807, 2.05) is 25.1 Å². The van der Waals surface area contributed by atoms with E-state index in [2.05, 4.69) is 40.7 Å². The number of nitrogens with zero attached hydrogens (tertiary/aromatic N) is 2. The first-order valence-corrected chi connectivity index (χ1v) is 8.98. The fourth-order valence-corrected chi connectivity index (χ4v) is 3.41. The molecule has 0 saturated carbocycles. The first-order valence-electron chi connectivity index (χ1n) is 7.18. The van der Waals surface area contributed by atoms with E-state index in [0.29, 0.717) is 11.7 Å². The lowest BCUT2D eigenvalue weighted by atomic mass is 10.0. The Labute approximate surface area is 138 Å². The van der Waals surface area contributed by atoms with Crippen LogP contribution in [0.1, 0.15) is 32.3 Å². The maximum atomic E-state index is 12.0. The van der Waals surface area contributed by atoms with Crippen LogP contribution in [0.2, 0.25) is 0 Å². The van der Waals surface area contributed by atoms with Crippen LogP contribution in [0.5, 0.6) is 0 Å². The summed E-state index contributed by atoms with van der Waals surface area (Å²) in [6.07, 6.45) is 0. The Morgan fingerprint density at radius 2 is 2.18 bits per heavy atom. The summed E-state index contributed by atoms with van der Waals surface area (Å²) >= 11 is 2.86. The minimum Gasteiger partial charge on any atom is -0.360 e. The van der Waals surface area contributed by atoms with Crippen molar-refractivity contribution in [1.82, 2.24) is 10.2 Å². The first kappa shape index (κ1) is 16.8. The topological polar surface area (TPSA) is 66.9 Å². The van der Waals surface area contributed by atoms with E-state index in [1.54, 1.807) is 0 Å². The summed E-state index contributed by atoms with van der Waals surface area (Å²) in [5.74, 6) is 0.732. The monoisotopic (exact) mass is 336 g/mol. The predicted octanol–water partition coefficient (Wildman–Crippen LogP) is 3.82. The van der Waals surface area contributed by atoms with E-state index < -0.39 is 0 Å². The second-order valence-corrected chi connectivity index (χ2v) is 7.22. The molecule has 1 heterocycles. The number of benzene rings is 1. The molecule has 0 saturated heterocycles. The molecule has 0 fully saturated rings. The fourth-order valence-electron chi connectivity index (χ4n) is 1.79. The van der Waals surface area contributed by atoms with Crippen molar-refractivity contribution in [3.63, 3.8) is 0 Å². The lowest BCUT2D eigenvalue weighted by molar-refractivity contribution is -0.113. The van der Waals surface area contributed by atoms with Crippen LogP contribution in [0, 0.1) is 0 Å². The number of thioether (sulfide) groups is 1. The highest BCUT2D eigenvalue weighted by Gasteiger charge is 2.09. The van der Waals surface area contributed by atoms with Crippen LogP contribution in [-0.2, 0) is 4.79 Å². The van der Waals surface area contributed by atoms with Gasteiger partial charge in [-0.2, -0.15) is 0 Å². The van der Waals surface area contributed by atoms with Gasteiger partial charge in [0.25, 0.3) is 0 Å². The zero-order valence-electron chi connectivity index (χ0n) is 12.9. The number of anilines is 2.